The summed E-state index contributed by atoms with van der Waals surface area (Å²) in [5.74, 6) is 0.692. The lowest BCUT2D eigenvalue weighted by molar-refractivity contribution is 0.104. The normalized spacial score (nSPS) is 14.3. The van der Waals surface area contributed by atoms with Crippen LogP contribution in [0.2, 0.25) is 0 Å². The Morgan fingerprint density at radius 3 is 2.50 bits per heavy atom. The fourth-order valence-corrected chi connectivity index (χ4v) is 1.97. The third kappa shape index (κ3) is 7.12. The highest BCUT2D eigenvalue weighted by Crippen LogP contribution is 2.18. The Labute approximate surface area is 124 Å². The number of halogens is 1. The quantitative estimate of drug-likeness (QED) is 0.736. The monoisotopic (exact) mass is 301 g/mol. The number of alkyl halides is 1. The van der Waals surface area contributed by atoms with Crippen LogP contribution in [0.4, 0.5) is 4.39 Å². The molecule has 3 nitrogen and oxygen atoms in total. The molecule has 1 aromatic rings. The molecular formula is C15H24FNO2S. The number of hydrogen-bond acceptors (Lipinski definition) is 4. The van der Waals surface area contributed by atoms with Crippen LogP contribution >= 0.6 is 11.8 Å². The van der Waals surface area contributed by atoms with Gasteiger partial charge in [-0.15, -0.1) is 11.8 Å². The van der Waals surface area contributed by atoms with Crippen LogP contribution in [0.5, 0.6) is 5.75 Å². The highest BCUT2D eigenvalue weighted by Gasteiger charge is 2.07. The van der Waals surface area contributed by atoms with Gasteiger partial charge in [0.2, 0.25) is 0 Å². The Morgan fingerprint density at radius 2 is 1.95 bits per heavy atom. The van der Waals surface area contributed by atoms with Crippen molar-refractivity contribution in [2.24, 2.45) is 0 Å². The molecule has 0 spiro atoms. The van der Waals surface area contributed by atoms with E-state index in [1.54, 1.807) is 6.26 Å². The van der Waals surface area contributed by atoms with Gasteiger partial charge in [-0.25, -0.2) is 4.39 Å². The molecule has 5 heteroatoms. The first-order chi connectivity index (χ1) is 9.51. The summed E-state index contributed by atoms with van der Waals surface area (Å²) < 4.78 is 18.7. The van der Waals surface area contributed by atoms with E-state index in [4.69, 9.17) is 4.74 Å². The molecule has 1 rings (SSSR count). The number of aliphatic hydroxyl groups excluding tert-OH is 1. The maximum atomic E-state index is 13.2. The van der Waals surface area contributed by atoms with Crippen molar-refractivity contribution in [3.63, 3.8) is 0 Å². The summed E-state index contributed by atoms with van der Waals surface area (Å²) in [6.07, 6.45) is 1.63. The molecule has 0 aliphatic carbocycles. The zero-order valence-corrected chi connectivity index (χ0v) is 13.1. The van der Waals surface area contributed by atoms with Crippen molar-refractivity contribution in [3.05, 3.63) is 29.8 Å². The van der Waals surface area contributed by atoms with Crippen molar-refractivity contribution in [2.45, 2.75) is 37.9 Å². The second-order valence-corrected chi connectivity index (χ2v) is 6.00. The van der Waals surface area contributed by atoms with E-state index >= 15 is 0 Å². The van der Waals surface area contributed by atoms with Crippen molar-refractivity contribution in [1.82, 2.24) is 5.32 Å². The molecule has 0 amide bonds. The molecule has 1 aromatic carbocycles. The van der Waals surface area contributed by atoms with E-state index < -0.39 is 11.6 Å². The van der Waals surface area contributed by atoms with E-state index in [1.165, 1.54) is 11.8 Å². The van der Waals surface area contributed by atoms with Gasteiger partial charge in [0.15, 0.2) is 0 Å². The van der Waals surface area contributed by atoms with Crippen LogP contribution in [0.3, 0.4) is 0 Å². The third-order valence-corrected chi connectivity index (χ3v) is 3.46. The number of rotatable bonds is 9. The van der Waals surface area contributed by atoms with Crippen LogP contribution in [0.1, 0.15) is 19.4 Å². The fourth-order valence-electron chi connectivity index (χ4n) is 1.61. The molecule has 0 aromatic heterocycles. The number of hydrogen-bond donors (Lipinski definition) is 2. The van der Waals surface area contributed by atoms with E-state index in [0.29, 0.717) is 24.8 Å². The number of thioether (sulfide) groups is 1. The van der Waals surface area contributed by atoms with Gasteiger partial charge in [0.1, 0.15) is 24.0 Å². The first kappa shape index (κ1) is 17.3. The number of ether oxygens (including phenoxy) is 1. The molecular weight excluding hydrogens is 277 g/mol. The summed E-state index contributed by atoms with van der Waals surface area (Å²) >= 11 is 1.21. The van der Waals surface area contributed by atoms with Crippen molar-refractivity contribution >= 4 is 11.8 Å². The Kier molecular flexibility index (Phi) is 7.95. The first-order valence-corrected chi connectivity index (χ1v) is 8.10. The topological polar surface area (TPSA) is 41.5 Å². The molecule has 20 heavy (non-hydrogen) atoms. The van der Waals surface area contributed by atoms with Gasteiger partial charge in [0.05, 0.1) is 0 Å². The van der Waals surface area contributed by atoms with E-state index in [1.807, 2.05) is 38.1 Å². The maximum absolute atomic E-state index is 13.2. The van der Waals surface area contributed by atoms with Crippen LogP contribution in [0, 0.1) is 0 Å². The lowest BCUT2D eigenvalue weighted by Crippen LogP contribution is -2.35. The van der Waals surface area contributed by atoms with Crippen LogP contribution in [-0.4, -0.2) is 42.2 Å². The average Bonchev–Trinajstić information content (AvgIpc) is 2.44. The molecule has 0 radical (unpaired) electrons. The minimum Gasteiger partial charge on any atom is -0.491 e. The summed E-state index contributed by atoms with van der Waals surface area (Å²) in [7, 11) is 0. The third-order valence-electron chi connectivity index (χ3n) is 2.78. The van der Waals surface area contributed by atoms with Crippen molar-refractivity contribution < 1.29 is 14.2 Å². The number of aliphatic hydroxyl groups is 1. The Morgan fingerprint density at radius 1 is 1.30 bits per heavy atom. The van der Waals surface area contributed by atoms with Crippen LogP contribution < -0.4 is 10.1 Å². The van der Waals surface area contributed by atoms with E-state index in [0.717, 1.165) is 5.56 Å². The van der Waals surface area contributed by atoms with Crippen molar-refractivity contribution in [3.8, 4) is 5.75 Å². The summed E-state index contributed by atoms with van der Waals surface area (Å²) in [5.41, 5.74) is 0.0759. The van der Waals surface area contributed by atoms with E-state index in [-0.39, 0.29) is 6.61 Å². The Hall–Kier alpha value is -0.780. The second-order valence-electron chi connectivity index (χ2n) is 5.02. The average molecular weight is 301 g/mol. The van der Waals surface area contributed by atoms with Gasteiger partial charge < -0.3 is 15.2 Å². The molecule has 2 atom stereocenters. The highest BCUT2D eigenvalue weighted by atomic mass is 32.2. The molecule has 0 aliphatic heterocycles. The number of benzene rings is 1. The highest BCUT2D eigenvalue weighted by molar-refractivity contribution is 7.99. The minimum atomic E-state index is -0.870. The van der Waals surface area contributed by atoms with Gasteiger partial charge >= 0.3 is 0 Å². The van der Waals surface area contributed by atoms with Gasteiger partial charge in [-0.1, -0.05) is 26.0 Å². The van der Waals surface area contributed by atoms with Gasteiger partial charge in [0, 0.05) is 19.0 Å². The Bertz CT molecular complexity index is 373. The first-order valence-electron chi connectivity index (χ1n) is 6.81. The molecule has 0 aliphatic rings. The van der Waals surface area contributed by atoms with Crippen molar-refractivity contribution in [2.75, 3.05) is 19.4 Å². The van der Waals surface area contributed by atoms with Gasteiger partial charge in [-0.05, 0) is 24.0 Å². The molecule has 0 fully saturated rings. The summed E-state index contributed by atoms with van der Waals surface area (Å²) in [4.78, 5) is 0. The molecule has 2 N–H and O–H groups in total. The smallest absolute Gasteiger partial charge is 0.149 e. The van der Waals surface area contributed by atoms with Crippen LogP contribution in [0.15, 0.2) is 24.3 Å². The largest absolute Gasteiger partial charge is 0.491 e. The molecule has 0 saturated heterocycles. The zero-order valence-electron chi connectivity index (χ0n) is 12.3. The van der Waals surface area contributed by atoms with E-state index in [2.05, 4.69) is 5.32 Å². The standard InChI is InChI=1S/C15H24FNO2S/c1-11(2)17-9-13(18)10-19-14-6-4-12(5-7-14)8-15(16)20-3/h4-7,11,13,15,17-18H,8-10H2,1-3H3. The van der Waals surface area contributed by atoms with Crippen LogP contribution in [-0.2, 0) is 6.42 Å². The molecule has 0 heterocycles. The number of nitrogens with one attached hydrogen (secondary N) is 1. The fraction of sp³-hybridized carbons (Fsp3) is 0.600. The predicted molar refractivity (Wildman–Crippen MR) is 83.2 cm³/mol. The SMILES string of the molecule is CSC(F)Cc1ccc(OCC(O)CNC(C)C)cc1. The van der Waals surface area contributed by atoms with Crippen molar-refractivity contribution in [1.29, 1.82) is 0 Å². The maximum Gasteiger partial charge on any atom is 0.149 e. The minimum absolute atomic E-state index is 0.246. The molecule has 0 saturated carbocycles. The zero-order chi connectivity index (χ0) is 15.0. The summed E-state index contributed by atoms with van der Waals surface area (Å²) in [6.45, 7) is 4.81. The summed E-state index contributed by atoms with van der Waals surface area (Å²) in [5, 5.41) is 12.9. The lowest BCUT2D eigenvalue weighted by Gasteiger charge is -2.15. The van der Waals surface area contributed by atoms with Gasteiger partial charge in [0.25, 0.3) is 0 Å². The van der Waals surface area contributed by atoms with Gasteiger partial charge in [-0.2, -0.15) is 0 Å². The molecule has 0 bridgehead atoms. The second kappa shape index (κ2) is 9.21. The van der Waals surface area contributed by atoms with E-state index in [9.17, 15) is 9.50 Å². The Balaban J connectivity index is 2.34. The predicted octanol–water partition coefficient (Wildman–Crippen LogP) is 2.63. The molecule has 2 unspecified atom stereocenters. The lowest BCUT2D eigenvalue weighted by atomic mass is 10.1. The van der Waals surface area contributed by atoms with Gasteiger partial charge in [-0.3, -0.25) is 0 Å². The van der Waals surface area contributed by atoms with Crippen LogP contribution in [0.25, 0.3) is 0 Å². The summed E-state index contributed by atoms with van der Waals surface area (Å²) in [6, 6.07) is 7.68. The molecule has 114 valence electrons.